The van der Waals surface area contributed by atoms with Crippen LogP contribution in [0.25, 0.3) is 0 Å². The van der Waals surface area contributed by atoms with Crippen molar-refractivity contribution in [3.05, 3.63) is 42.9 Å². The molecule has 0 aliphatic carbocycles. The standard InChI is InChI=1S/C12H5Br2F3N4OS2/c13-5-1-4(2-6(14)8(5)22)9-20-7(3-23-9)24-11-19-18-10(21(11)20)12(15,16)17/h1-3,9,22H. The van der Waals surface area contributed by atoms with E-state index in [0.29, 0.717) is 14.0 Å². The minimum absolute atomic E-state index is 0.0340. The number of alkyl halides is 3. The van der Waals surface area contributed by atoms with Crippen LogP contribution in [0.2, 0.25) is 0 Å². The molecular weight excluding hydrogens is 497 g/mol. The minimum atomic E-state index is -4.60. The molecule has 0 saturated heterocycles. The van der Waals surface area contributed by atoms with Crippen molar-refractivity contribution in [3.8, 4) is 5.75 Å². The van der Waals surface area contributed by atoms with Crippen molar-refractivity contribution in [2.24, 2.45) is 0 Å². The summed E-state index contributed by atoms with van der Waals surface area (Å²) < 4.78 is 41.5. The van der Waals surface area contributed by atoms with E-state index < -0.39 is 17.4 Å². The molecule has 2 aliphatic rings. The van der Waals surface area contributed by atoms with Crippen LogP contribution in [-0.4, -0.2) is 20.0 Å². The molecule has 1 aromatic carbocycles. The van der Waals surface area contributed by atoms with Gasteiger partial charge in [-0.3, -0.25) is 5.01 Å². The van der Waals surface area contributed by atoms with Gasteiger partial charge in [-0.05, 0) is 61.3 Å². The number of rotatable bonds is 1. The zero-order valence-electron chi connectivity index (χ0n) is 11.3. The molecule has 0 fully saturated rings. The number of benzene rings is 1. The summed E-state index contributed by atoms with van der Waals surface area (Å²) in [6.45, 7) is 0. The van der Waals surface area contributed by atoms with E-state index in [9.17, 15) is 18.3 Å². The fourth-order valence-electron chi connectivity index (χ4n) is 2.37. The highest BCUT2D eigenvalue weighted by Crippen LogP contribution is 2.53. The van der Waals surface area contributed by atoms with Crippen LogP contribution in [-0.2, 0) is 6.18 Å². The molecule has 2 aromatic rings. The van der Waals surface area contributed by atoms with Gasteiger partial charge in [-0.1, -0.05) is 11.8 Å². The summed E-state index contributed by atoms with van der Waals surface area (Å²) in [5, 5.41) is 20.4. The number of hydrogen-bond acceptors (Lipinski definition) is 6. The maximum atomic E-state index is 13.2. The number of aromatic hydroxyl groups is 1. The molecule has 1 N–H and O–H groups in total. The largest absolute Gasteiger partial charge is 0.506 e. The molecule has 4 rings (SSSR count). The predicted octanol–water partition coefficient (Wildman–Crippen LogP) is 4.82. The summed E-state index contributed by atoms with van der Waals surface area (Å²) in [7, 11) is 0. The Bertz CT molecular complexity index is 863. The van der Waals surface area contributed by atoms with Crippen LogP contribution in [0, 0.1) is 0 Å². The molecule has 1 atom stereocenters. The Morgan fingerprint density at radius 1 is 1.17 bits per heavy atom. The zero-order valence-corrected chi connectivity index (χ0v) is 16.1. The lowest BCUT2D eigenvalue weighted by atomic mass is 10.2. The first-order chi connectivity index (χ1) is 11.3. The number of hydrogen-bond donors (Lipinski definition) is 1. The number of phenolic OH excluding ortho intramolecular Hbond substituents is 1. The summed E-state index contributed by atoms with van der Waals surface area (Å²) >= 11 is 9.00. The third-order valence-corrected chi connectivity index (χ3v) is 6.75. The summed E-state index contributed by atoms with van der Waals surface area (Å²) in [5.74, 6) is -1.02. The molecule has 12 heteroatoms. The van der Waals surface area contributed by atoms with Crippen molar-refractivity contribution in [2.75, 3.05) is 5.01 Å². The van der Waals surface area contributed by atoms with Gasteiger partial charge in [0.1, 0.15) is 16.2 Å². The topological polar surface area (TPSA) is 54.2 Å². The molecule has 24 heavy (non-hydrogen) atoms. The normalized spacial score (nSPS) is 19.5. The van der Waals surface area contributed by atoms with Gasteiger partial charge < -0.3 is 5.11 Å². The Morgan fingerprint density at radius 2 is 1.83 bits per heavy atom. The zero-order chi connectivity index (χ0) is 17.2. The SMILES string of the molecule is Oc1c(Br)cc(C2SC=C3Sc4nnc(C(F)(F)F)n4N32)cc1Br. The van der Waals surface area contributed by atoms with E-state index in [1.807, 2.05) is 0 Å². The Labute approximate surface area is 158 Å². The lowest BCUT2D eigenvalue weighted by Crippen LogP contribution is -2.33. The molecule has 2 aliphatic heterocycles. The third kappa shape index (κ3) is 2.45. The van der Waals surface area contributed by atoms with Gasteiger partial charge in [-0.15, -0.1) is 10.2 Å². The average molecular weight is 502 g/mol. The molecule has 0 saturated carbocycles. The van der Waals surface area contributed by atoms with Gasteiger partial charge in [-0.2, -0.15) is 13.2 Å². The van der Waals surface area contributed by atoms with Gasteiger partial charge in [0.05, 0.1) is 8.95 Å². The first kappa shape index (κ1) is 16.6. The number of nitrogens with zero attached hydrogens (tertiary/aromatic N) is 4. The summed E-state index contributed by atoms with van der Waals surface area (Å²) in [6, 6.07) is 3.35. The van der Waals surface area contributed by atoms with Crippen LogP contribution < -0.4 is 5.01 Å². The first-order valence-corrected chi connectivity index (χ1v) is 9.65. The highest BCUT2D eigenvalue weighted by Gasteiger charge is 2.47. The van der Waals surface area contributed by atoms with E-state index in [1.165, 1.54) is 16.8 Å². The average Bonchev–Trinajstić information content (AvgIpc) is 3.13. The second-order valence-electron chi connectivity index (χ2n) is 4.84. The predicted molar refractivity (Wildman–Crippen MR) is 91.0 cm³/mol. The summed E-state index contributed by atoms with van der Waals surface area (Å²) in [5.41, 5.74) is 0.720. The van der Waals surface area contributed by atoms with Crippen molar-refractivity contribution in [1.82, 2.24) is 14.9 Å². The van der Waals surface area contributed by atoms with E-state index in [-0.39, 0.29) is 10.9 Å². The van der Waals surface area contributed by atoms with E-state index in [2.05, 4.69) is 42.1 Å². The molecule has 1 aromatic heterocycles. The van der Waals surface area contributed by atoms with Crippen molar-refractivity contribution >= 4 is 55.4 Å². The van der Waals surface area contributed by atoms with E-state index in [0.717, 1.165) is 22.0 Å². The smallest absolute Gasteiger partial charge is 0.453 e. The first-order valence-electron chi connectivity index (χ1n) is 6.31. The molecule has 0 spiro atoms. The molecule has 0 radical (unpaired) electrons. The van der Waals surface area contributed by atoms with Crippen molar-refractivity contribution in [1.29, 1.82) is 0 Å². The van der Waals surface area contributed by atoms with Crippen LogP contribution in [0.4, 0.5) is 13.2 Å². The van der Waals surface area contributed by atoms with E-state index >= 15 is 0 Å². The molecule has 3 heterocycles. The summed E-state index contributed by atoms with van der Waals surface area (Å²) in [4.78, 5) is 0. The summed E-state index contributed by atoms with van der Waals surface area (Å²) in [6.07, 6.45) is -4.60. The van der Waals surface area contributed by atoms with Crippen LogP contribution in [0.15, 0.2) is 36.7 Å². The molecular formula is C12H5Br2F3N4OS2. The third-order valence-electron chi connectivity index (χ3n) is 3.35. The highest BCUT2D eigenvalue weighted by atomic mass is 79.9. The van der Waals surface area contributed by atoms with E-state index in [1.54, 1.807) is 17.5 Å². The van der Waals surface area contributed by atoms with Crippen LogP contribution in [0.1, 0.15) is 16.8 Å². The number of aromatic nitrogens is 3. The van der Waals surface area contributed by atoms with Crippen LogP contribution >= 0.6 is 55.4 Å². The minimum Gasteiger partial charge on any atom is -0.506 e. The number of phenols is 1. The Kier molecular flexibility index (Phi) is 3.86. The van der Waals surface area contributed by atoms with Crippen LogP contribution in [0.5, 0.6) is 5.75 Å². The molecule has 5 nitrogen and oxygen atoms in total. The van der Waals surface area contributed by atoms with Crippen molar-refractivity contribution in [3.63, 3.8) is 0 Å². The van der Waals surface area contributed by atoms with Crippen molar-refractivity contribution in [2.45, 2.75) is 16.7 Å². The number of halogens is 5. The fraction of sp³-hybridized carbons (Fsp3) is 0.167. The Morgan fingerprint density at radius 3 is 2.46 bits per heavy atom. The maximum Gasteiger partial charge on any atom is 0.453 e. The van der Waals surface area contributed by atoms with Crippen LogP contribution in [0.3, 0.4) is 0 Å². The van der Waals surface area contributed by atoms with Gasteiger partial charge in [0.15, 0.2) is 0 Å². The van der Waals surface area contributed by atoms with Gasteiger partial charge in [-0.25, -0.2) is 4.68 Å². The number of thioether (sulfide) groups is 2. The molecule has 0 amide bonds. The van der Waals surface area contributed by atoms with Gasteiger partial charge in [0.25, 0.3) is 5.82 Å². The second kappa shape index (κ2) is 5.58. The van der Waals surface area contributed by atoms with E-state index in [4.69, 9.17) is 0 Å². The van der Waals surface area contributed by atoms with Crippen molar-refractivity contribution < 1.29 is 18.3 Å². The van der Waals surface area contributed by atoms with Gasteiger partial charge >= 0.3 is 6.18 Å². The molecule has 126 valence electrons. The highest BCUT2D eigenvalue weighted by molar-refractivity contribution is 9.11. The lowest BCUT2D eigenvalue weighted by Gasteiger charge is -2.26. The molecule has 0 bridgehead atoms. The molecule has 1 unspecified atom stereocenters. The Hall–Kier alpha value is -0.850. The fourth-order valence-corrected chi connectivity index (χ4v) is 5.79. The monoisotopic (exact) mass is 500 g/mol. The van der Waals surface area contributed by atoms with Gasteiger partial charge in [0, 0.05) is 5.41 Å². The second-order valence-corrected chi connectivity index (χ2v) is 8.49. The lowest BCUT2D eigenvalue weighted by molar-refractivity contribution is -0.147. The Balaban J connectivity index is 1.81. The maximum absolute atomic E-state index is 13.2. The number of fused-ring (bicyclic) bond motifs is 3. The van der Waals surface area contributed by atoms with Gasteiger partial charge in [0.2, 0.25) is 5.16 Å². The quantitative estimate of drug-likeness (QED) is 0.604.